The van der Waals surface area contributed by atoms with Gasteiger partial charge in [0.25, 0.3) is 5.91 Å². The van der Waals surface area contributed by atoms with Gasteiger partial charge in [-0.25, -0.2) is 4.99 Å². The van der Waals surface area contributed by atoms with E-state index in [0.29, 0.717) is 10.7 Å². The van der Waals surface area contributed by atoms with E-state index in [9.17, 15) is 4.79 Å². The van der Waals surface area contributed by atoms with E-state index in [-0.39, 0.29) is 18.1 Å². The molecule has 0 saturated carbocycles. The summed E-state index contributed by atoms with van der Waals surface area (Å²) < 4.78 is 0. The van der Waals surface area contributed by atoms with Crippen molar-refractivity contribution in [2.45, 2.75) is 12.2 Å². The summed E-state index contributed by atoms with van der Waals surface area (Å²) in [7, 11) is 0. The number of amidine groups is 1. The highest BCUT2D eigenvalue weighted by atomic mass is 32.2. The van der Waals surface area contributed by atoms with Gasteiger partial charge in [-0.3, -0.25) is 4.79 Å². The third-order valence-electron chi connectivity index (χ3n) is 4.02. The Morgan fingerprint density at radius 3 is 2.21 bits per heavy atom. The summed E-state index contributed by atoms with van der Waals surface area (Å²) in [4.78, 5) is 17.3. The molecule has 2 heterocycles. The first-order valence-electron chi connectivity index (χ1n) is 7.65. The molecule has 0 unspecified atom stereocenters. The Labute approximate surface area is 144 Å². The van der Waals surface area contributed by atoms with Crippen molar-refractivity contribution in [3.63, 3.8) is 0 Å². The molecular weight excluding hydrogens is 320 g/mol. The first-order valence-corrected chi connectivity index (χ1v) is 8.46. The number of nitrogens with two attached hydrogens (primary N) is 1. The van der Waals surface area contributed by atoms with Gasteiger partial charge in [0.15, 0.2) is 5.17 Å². The summed E-state index contributed by atoms with van der Waals surface area (Å²) in [5.74, 6) is -0.116. The summed E-state index contributed by atoms with van der Waals surface area (Å²) in [6.07, 6.45) is -0.271. The van der Waals surface area contributed by atoms with Gasteiger partial charge in [-0.2, -0.15) is 0 Å². The van der Waals surface area contributed by atoms with Crippen molar-refractivity contribution in [2.24, 2.45) is 10.7 Å². The van der Waals surface area contributed by atoms with Gasteiger partial charge < -0.3 is 16.4 Å². The SMILES string of the molecule is NC1=N[C@H](c2ccccc2)C2=C(N[C@@H](c3ccccc3)NC2=O)S1. The Kier molecular flexibility index (Phi) is 3.74. The zero-order valence-electron chi connectivity index (χ0n) is 12.8. The number of thioether (sulfide) groups is 1. The van der Waals surface area contributed by atoms with Crippen LogP contribution in [0.15, 0.2) is 76.3 Å². The number of amides is 1. The zero-order chi connectivity index (χ0) is 16.5. The van der Waals surface area contributed by atoms with Crippen LogP contribution in [0.3, 0.4) is 0 Å². The van der Waals surface area contributed by atoms with Crippen LogP contribution in [0.4, 0.5) is 0 Å². The van der Waals surface area contributed by atoms with Crippen molar-refractivity contribution >= 4 is 22.8 Å². The normalized spacial score (nSPS) is 23.0. The molecule has 24 heavy (non-hydrogen) atoms. The maximum absolute atomic E-state index is 12.8. The van der Waals surface area contributed by atoms with Gasteiger partial charge in [-0.05, 0) is 22.9 Å². The molecule has 0 saturated heterocycles. The zero-order valence-corrected chi connectivity index (χ0v) is 13.6. The summed E-state index contributed by atoms with van der Waals surface area (Å²) in [5.41, 5.74) is 8.57. The first-order chi connectivity index (χ1) is 11.7. The highest BCUT2D eigenvalue weighted by Gasteiger charge is 2.36. The monoisotopic (exact) mass is 336 g/mol. The van der Waals surface area contributed by atoms with E-state index in [4.69, 9.17) is 5.73 Å². The molecule has 4 rings (SSSR count). The maximum Gasteiger partial charge on any atom is 0.254 e. The van der Waals surface area contributed by atoms with Gasteiger partial charge in [0.05, 0.1) is 10.6 Å². The lowest BCUT2D eigenvalue weighted by molar-refractivity contribution is -0.119. The van der Waals surface area contributed by atoms with Gasteiger partial charge in [-0.1, -0.05) is 60.7 Å². The quantitative estimate of drug-likeness (QED) is 0.787. The largest absolute Gasteiger partial charge is 0.378 e. The van der Waals surface area contributed by atoms with E-state index in [1.165, 1.54) is 11.8 Å². The van der Waals surface area contributed by atoms with Crippen molar-refractivity contribution < 1.29 is 4.79 Å². The molecule has 4 N–H and O–H groups in total. The molecule has 0 fully saturated rings. The van der Waals surface area contributed by atoms with Crippen molar-refractivity contribution in [3.05, 3.63) is 82.4 Å². The fraction of sp³-hybridized carbons (Fsp3) is 0.111. The molecule has 0 aromatic heterocycles. The van der Waals surface area contributed by atoms with Gasteiger partial charge >= 0.3 is 0 Å². The summed E-state index contributed by atoms with van der Waals surface area (Å²) >= 11 is 1.31. The highest BCUT2D eigenvalue weighted by molar-refractivity contribution is 8.17. The third-order valence-corrected chi connectivity index (χ3v) is 4.88. The number of hydrogen-bond acceptors (Lipinski definition) is 5. The summed E-state index contributed by atoms with van der Waals surface area (Å²) in [6, 6.07) is 19.1. The van der Waals surface area contributed by atoms with Crippen LogP contribution in [0.2, 0.25) is 0 Å². The molecule has 2 aliphatic rings. The number of carbonyl (C=O) groups excluding carboxylic acids is 1. The lowest BCUT2D eigenvalue weighted by atomic mass is 9.97. The summed E-state index contributed by atoms with van der Waals surface area (Å²) in [6.45, 7) is 0. The predicted octanol–water partition coefficient (Wildman–Crippen LogP) is 2.42. The number of rotatable bonds is 2. The number of benzene rings is 2. The van der Waals surface area contributed by atoms with E-state index in [2.05, 4.69) is 15.6 Å². The second-order valence-corrected chi connectivity index (χ2v) is 6.62. The van der Waals surface area contributed by atoms with E-state index in [0.717, 1.165) is 16.2 Å². The van der Waals surface area contributed by atoms with E-state index in [1.807, 2.05) is 60.7 Å². The number of nitrogens with one attached hydrogen (secondary N) is 2. The summed E-state index contributed by atoms with van der Waals surface area (Å²) in [5, 5.41) is 7.62. The molecule has 2 aliphatic heterocycles. The van der Waals surface area contributed by atoms with E-state index in [1.54, 1.807) is 0 Å². The van der Waals surface area contributed by atoms with Gasteiger partial charge in [-0.15, -0.1) is 0 Å². The minimum Gasteiger partial charge on any atom is -0.378 e. The lowest BCUT2D eigenvalue weighted by Crippen LogP contribution is -2.46. The van der Waals surface area contributed by atoms with E-state index < -0.39 is 0 Å². The number of hydrogen-bond donors (Lipinski definition) is 3. The second-order valence-electron chi connectivity index (χ2n) is 5.59. The molecule has 6 heteroatoms. The minimum atomic E-state index is -0.383. The molecular formula is C18H16N4OS. The lowest BCUT2D eigenvalue weighted by Gasteiger charge is -2.34. The average Bonchev–Trinajstić information content (AvgIpc) is 2.62. The third kappa shape index (κ3) is 2.65. The maximum atomic E-state index is 12.8. The van der Waals surface area contributed by atoms with Crippen LogP contribution in [0.5, 0.6) is 0 Å². The standard InChI is InChI=1S/C18H16N4OS/c19-18-20-14(11-7-3-1-4-8-11)13-16(23)21-15(22-17(13)24-18)12-9-5-2-6-10-12/h1-10,14-15,22H,(H2,19,20)(H,21,23)/t14-,15+/m1/s1. The van der Waals surface area contributed by atoms with Gasteiger partial charge in [0.2, 0.25) is 0 Å². The van der Waals surface area contributed by atoms with Crippen LogP contribution in [0.25, 0.3) is 0 Å². The molecule has 0 radical (unpaired) electrons. The molecule has 1 amide bonds. The van der Waals surface area contributed by atoms with Gasteiger partial charge in [0.1, 0.15) is 12.2 Å². The smallest absolute Gasteiger partial charge is 0.254 e. The molecule has 0 spiro atoms. The molecule has 2 aromatic carbocycles. The number of nitrogens with zero attached hydrogens (tertiary/aromatic N) is 1. The fourth-order valence-electron chi connectivity index (χ4n) is 2.90. The Balaban J connectivity index is 1.72. The molecule has 2 aromatic rings. The molecule has 5 nitrogen and oxygen atoms in total. The predicted molar refractivity (Wildman–Crippen MR) is 95.9 cm³/mol. The average molecular weight is 336 g/mol. The minimum absolute atomic E-state index is 0.116. The van der Waals surface area contributed by atoms with Crippen LogP contribution < -0.4 is 16.4 Å². The Morgan fingerprint density at radius 1 is 0.917 bits per heavy atom. The Morgan fingerprint density at radius 2 is 1.54 bits per heavy atom. The first kappa shape index (κ1) is 14.8. The van der Waals surface area contributed by atoms with Crippen LogP contribution in [-0.2, 0) is 4.79 Å². The second kappa shape index (κ2) is 6.05. The van der Waals surface area contributed by atoms with Crippen molar-refractivity contribution in [1.29, 1.82) is 0 Å². The molecule has 0 bridgehead atoms. The van der Waals surface area contributed by atoms with Crippen LogP contribution >= 0.6 is 11.8 Å². The molecule has 0 aliphatic carbocycles. The Hall–Kier alpha value is -2.73. The Bertz CT molecular complexity index is 833. The van der Waals surface area contributed by atoms with Crippen molar-refractivity contribution in [1.82, 2.24) is 10.6 Å². The van der Waals surface area contributed by atoms with Crippen molar-refractivity contribution in [2.75, 3.05) is 0 Å². The van der Waals surface area contributed by atoms with E-state index >= 15 is 0 Å². The number of carbonyl (C=O) groups is 1. The van der Waals surface area contributed by atoms with Crippen LogP contribution in [0.1, 0.15) is 23.3 Å². The highest BCUT2D eigenvalue weighted by Crippen LogP contribution is 2.39. The molecule has 2 atom stereocenters. The van der Waals surface area contributed by atoms with Crippen LogP contribution in [0, 0.1) is 0 Å². The number of aliphatic imine (C=N–C) groups is 1. The molecule has 120 valence electrons. The van der Waals surface area contributed by atoms with Gasteiger partial charge in [0, 0.05) is 0 Å². The van der Waals surface area contributed by atoms with Crippen molar-refractivity contribution in [3.8, 4) is 0 Å². The fourth-order valence-corrected chi connectivity index (χ4v) is 3.76. The topological polar surface area (TPSA) is 79.5 Å². The van der Waals surface area contributed by atoms with Crippen LogP contribution in [-0.4, -0.2) is 11.1 Å².